The Morgan fingerprint density at radius 2 is 1.86 bits per heavy atom. The first-order valence-electron chi connectivity index (χ1n) is 6.74. The van der Waals surface area contributed by atoms with Gasteiger partial charge in [-0.15, -0.1) is 0 Å². The van der Waals surface area contributed by atoms with Gasteiger partial charge in [0.2, 0.25) is 0 Å². The summed E-state index contributed by atoms with van der Waals surface area (Å²) in [5.74, 6) is 0. The quantitative estimate of drug-likeness (QED) is 0.901. The molecule has 2 nitrogen and oxygen atoms in total. The molecule has 21 heavy (non-hydrogen) atoms. The zero-order valence-electron chi connectivity index (χ0n) is 11.7. The highest BCUT2D eigenvalue weighted by molar-refractivity contribution is 5.27. The van der Waals surface area contributed by atoms with Crippen LogP contribution in [0.15, 0.2) is 48.8 Å². The van der Waals surface area contributed by atoms with Crippen molar-refractivity contribution in [1.82, 2.24) is 10.3 Å². The lowest BCUT2D eigenvalue weighted by Gasteiger charge is -2.18. The molecule has 1 aromatic heterocycles. The summed E-state index contributed by atoms with van der Waals surface area (Å²) in [5, 5.41) is 3.15. The third-order valence-electron chi connectivity index (χ3n) is 3.46. The van der Waals surface area contributed by atoms with Crippen molar-refractivity contribution < 1.29 is 13.2 Å². The van der Waals surface area contributed by atoms with Crippen LogP contribution in [0.3, 0.4) is 0 Å². The summed E-state index contributed by atoms with van der Waals surface area (Å²) in [6.07, 6.45) is -0.946. The van der Waals surface area contributed by atoms with E-state index >= 15 is 0 Å². The maximum absolute atomic E-state index is 12.9. The molecule has 0 aliphatic carbocycles. The topological polar surface area (TPSA) is 24.9 Å². The molecule has 0 spiro atoms. The lowest BCUT2D eigenvalue weighted by molar-refractivity contribution is -0.138. The van der Waals surface area contributed by atoms with Crippen molar-refractivity contribution in [3.05, 3.63) is 65.5 Å². The molecule has 0 saturated carbocycles. The number of aromatic nitrogens is 1. The number of hydrogen-bond acceptors (Lipinski definition) is 2. The standard InChI is InChI=1S/C16H17F3N2/c1-20-15(12-5-3-2-4-6-12)8-7-13-11-21-10-9-14(13)16(17,18)19/h2-6,9-11,15,20H,7-8H2,1H3. The molecule has 1 aromatic carbocycles. The van der Waals surface area contributed by atoms with Gasteiger partial charge in [-0.1, -0.05) is 30.3 Å². The van der Waals surface area contributed by atoms with Gasteiger partial charge in [-0.25, -0.2) is 0 Å². The number of alkyl halides is 3. The number of nitrogens with one attached hydrogen (secondary N) is 1. The van der Waals surface area contributed by atoms with E-state index in [-0.39, 0.29) is 11.6 Å². The van der Waals surface area contributed by atoms with Crippen LogP contribution in [0.4, 0.5) is 13.2 Å². The number of pyridine rings is 1. The molecule has 0 aliphatic rings. The fourth-order valence-corrected chi connectivity index (χ4v) is 2.37. The lowest BCUT2D eigenvalue weighted by Crippen LogP contribution is -2.18. The minimum absolute atomic E-state index is 0.0208. The van der Waals surface area contributed by atoms with Crippen LogP contribution in [0.2, 0.25) is 0 Å². The zero-order chi connectivity index (χ0) is 15.3. The fraction of sp³-hybridized carbons (Fsp3) is 0.312. The molecule has 0 bridgehead atoms. The predicted octanol–water partition coefficient (Wildman–Crippen LogP) is 3.99. The highest BCUT2D eigenvalue weighted by Crippen LogP contribution is 2.32. The van der Waals surface area contributed by atoms with E-state index in [4.69, 9.17) is 0 Å². The van der Waals surface area contributed by atoms with Gasteiger partial charge in [-0.3, -0.25) is 4.98 Å². The third kappa shape index (κ3) is 4.04. The van der Waals surface area contributed by atoms with Gasteiger partial charge in [0.05, 0.1) is 5.56 Å². The second-order valence-electron chi connectivity index (χ2n) is 4.82. The number of benzene rings is 1. The maximum Gasteiger partial charge on any atom is 0.416 e. The minimum atomic E-state index is -4.33. The molecule has 5 heteroatoms. The summed E-state index contributed by atoms with van der Waals surface area (Å²) in [4.78, 5) is 3.81. The molecule has 0 aliphatic heterocycles. The van der Waals surface area contributed by atoms with Gasteiger partial charge >= 0.3 is 6.18 Å². The molecule has 1 atom stereocenters. The summed E-state index contributed by atoms with van der Waals surface area (Å²) in [7, 11) is 1.81. The Balaban J connectivity index is 2.13. The summed E-state index contributed by atoms with van der Waals surface area (Å²) < 4.78 is 38.8. The van der Waals surface area contributed by atoms with Gasteiger partial charge in [0, 0.05) is 18.4 Å². The Kier molecular flexibility index (Phi) is 4.96. The SMILES string of the molecule is CNC(CCc1cnccc1C(F)(F)F)c1ccccc1. The molecular weight excluding hydrogens is 277 g/mol. The lowest BCUT2D eigenvalue weighted by atomic mass is 9.97. The van der Waals surface area contributed by atoms with Crippen LogP contribution in [-0.4, -0.2) is 12.0 Å². The average molecular weight is 294 g/mol. The van der Waals surface area contributed by atoms with E-state index in [0.717, 1.165) is 11.6 Å². The second-order valence-corrected chi connectivity index (χ2v) is 4.82. The van der Waals surface area contributed by atoms with Crippen molar-refractivity contribution in [2.75, 3.05) is 7.05 Å². The van der Waals surface area contributed by atoms with Crippen molar-refractivity contribution in [2.24, 2.45) is 0 Å². The Labute approximate surface area is 122 Å². The molecule has 0 fully saturated rings. The van der Waals surface area contributed by atoms with Crippen LogP contribution in [-0.2, 0) is 12.6 Å². The van der Waals surface area contributed by atoms with Gasteiger partial charge < -0.3 is 5.32 Å². The summed E-state index contributed by atoms with van der Waals surface area (Å²) in [6.45, 7) is 0. The van der Waals surface area contributed by atoms with E-state index in [1.807, 2.05) is 37.4 Å². The number of hydrogen-bond donors (Lipinski definition) is 1. The highest BCUT2D eigenvalue weighted by Gasteiger charge is 2.33. The summed E-state index contributed by atoms with van der Waals surface area (Å²) in [6, 6.07) is 10.7. The Bertz CT molecular complexity index is 567. The zero-order valence-corrected chi connectivity index (χ0v) is 11.7. The fourth-order valence-electron chi connectivity index (χ4n) is 2.37. The Morgan fingerprint density at radius 3 is 2.48 bits per heavy atom. The van der Waals surface area contributed by atoms with Crippen LogP contribution >= 0.6 is 0 Å². The van der Waals surface area contributed by atoms with E-state index in [1.54, 1.807) is 0 Å². The highest BCUT2D eigenvalue weighted by atomic mass is 19.4. The van der Waals surface area contributed by atoms with Crippen molar-refractivity contribution in [3.63, 3.8) is 0 Å². The Morgan fingerprint density at radius 1 is 1.14 bits per heavy atom. The first-order chi connectivity index (χ1) is 10.0. The molecule has 112 valence electrons. The van der Waals surface area contributed by atoms with Crippen LogP contribution < -0.4 is 5.32 Å². The van der Waals surface area contributed by atoms with Crippen LogP contribution in [0.1, 0.15) is 29.2 Å². The van der Waals surface area contributed by atoms with Crippen LogP contribution in [0.25, 0.3) is 0 Å². The summed E-state index contributed by atoms with van der Waals surface area (Å²) in [5.41, 5.74) is 0.707. The van der Waals surface area contributed by atoms with Gasteiger partial charge in [0.1, 0.15) is 0 Å². The molecule has 2 aromatic rings. The number of aryl methyl sites for hydroxylation is 1. The molecule has 0 amide bonds. The molecule has 0 radical (unpaired) electrons. The first kappa shape index (κ1) is 15.5. The van der Waals surface area contributed by atoms with Crippen LogP contribution in [0, 0.1) is 0 Å². The molecule has 1 heterocycles. The van der Waals surface area contributed by atoms with Gasteiger partial charge in [-0.05, 0) is 37.1 Å². The van der Waals surface area contributed by atoms with Crippen molar-refractivity contribution in [2.45, 2.75) is 25.1 Å². The molecule has 2 rings (SSSR count). The largest absolute Gasteiger partial charge is 0.416 e. The normalized spacial score (nSPS) is 13.1. The van der Waals surface area contributed by atoms with Crippen molar-refractivity contribution in [3.8, 4) is 0 Å². The van der Waals surface area contributed by atoms with Crippen molar-refractivity contribution in [1.29, 1.82) is 0 Å². The van der Waals surface area contributed by atoms with E-state index in [2.05, 4.69) is 10.3 Å². The van der Waals surface area contributed by atoms with Gasteiger partial charge in [0.15, 0.2) is 0 Å². The minimum Gasteiger partial charge on any atom is -0.313 e. The van der Waals surface area contributed by atoms with E-state index in [1.165, 1.54) is 12.4 Å². The van der Waals surface area contributed by atoms with Crippen LogP contribution in [0.5, 0.6) is 0 Å². The molecule has 1 unspecified atom stereocenters. The molecular formula is C16H17F3N2. The number of rotatable bonds is 5. The van der Waals surface area contributed by atoms with Crippen molar-refractivity contribution >= 4 is 0 Å². The smallest absolute Gasteiger partial charge is 0.313 e. The number of halogens is 3. The second kappa shape index (κ2) is 6.72. The van der Waals surface area contributed by atoms with E-state index in [0.29, 0.717) is 12.8 Å². The number of nitrogens with zero attached hydrogens (tertiary/aromatic N) is 1. The van der Waals surface area contributed by atoms with Gasteiger partial charge in [0.25, 0.3) is 0 Å². The average Bonchev–Trinajstić information content (AvgIpc) is 2.48. The predicted molar refractivity (Wildman–Crippen MR) is 75.8 cm³/mol. The molecule has 0 saturated heterocycles. The Hall–Kier alpha value is -1.88. The first-order valence-corrected chi connectivity index (χ1v) is 6.74. The van der Waals surface area contributed by atoms with E-state index < -0.39 is 11.7 Å². The van der Waals surface area contributed by atoms with E-state index in [9.17, 15) is 13.2 Å². The summed E-state index contributed by atoms with van der Waals surface area (Å²) >= 11 is 0. The monoisotopic (exact) mass is 294 g/mol. The van der Waals surface area contributed by atoms with Gasteiger partial charge in [-0.2, -0.15) is 13.2 Å². The molecule has 1 N–H and O–H groups in total. The third-order valence-corrected chi connectivity index (χ3v) is 3.46. The maximum atomic E-state index is 12.9.